The van der Waals surface area contributed by atoms with Crippen LogP contribution >= 0.6 is 11.3 Å². The Hall–Kier alpha value is -1.12. The van der Waals surface area contributed by atoms with Crippen LogP contribution in [0.15, 0.2) is 41.8 Å². The van der Waals surface area contributed by atoms with Gasteiger partial charge in [0.15, 0.2) is 0 Å². The summed E-state index contributed by atoms with van der Waals surface area (Å²) in [6.07, 6.45) is 1.95. The van der Waals surface area contributed by atoms with E-state index in [1.54, 1.807) is 11.3 Å². The van der Waals surface area contributed by atoms with Gasteiger partial charge in [0.05, 0.1) is 5.54 Å². The van der Waals surface area contributed by atoms with E-state index in [4.69, 9.17) is 5.73 Å². The molecular formula is C13H13NS. The van der Waals surface area contributed by atoms with Crippen molar-refractivity contribution in [3.63, 3.8) is 0 Å². The molecule has 0 aliphatic heterocycles. The fourth-order valence-electron chi connectivity index (χ4n) is 2.38. The molecule has 0 bridgehead atoms. The number of rotatable bonds is 1. The van der Waals surface area contributed by atoms with E-state index in [0.29, 0.717) is 0 Å². The Kier molecular flexibility index (Phi) is 1.94. The number of thiophene rings is 1. The Morgan fingerprint density at radius 2 is 1.67 bits per heavy atom. The smallest absolute Gasteiger partial charge is 0.0585 e. The van der Waals surface area contributed by atoms with Crippen molar-refractivity contribution in [2.75, 3.05) is 0 Å². The number of fused-ring (bicyclic) bond motifs is 1. The number of hydrogen-bond donors (Lipinski definition) is 1. The molecule has 0 saturated heterocycles. The summed E-state index contributed by atoms with van der Waals surface area (Å²) in [7, 11) is 0. The maximum absolute atomic E-state index is 6.49. The van der Waals surface area contributed by atoms with E-state index in [-0.39, 0.29) is 5.54 Å². The quantitative estimate of drug-likeness (QED) is 0.777. The molecule has 1 nitrogen and oxygen atoms in total. The van der Waals surface area contributed by atoms with Crippen LogP contribution < -0.4 is 5.73 Å². The standard InChI is InChI=1S/C13H13NS/c14-13(12-6-3-7-15-12)8-10-4-1-2-5-11(10)9-13/h1-7H,8-9,14H2. The zero-order chi connectivity index (χ0) is 10.3. The van der Waals surface area contributed by atoms with Crippen molar-refractivity contribution in [1.82, 2.24) is 0 Å². The second kappa shape index (κ2) is 3.19. The van der Waals surface area contributed by atoms with Gasteiger partial charge in [-0.15, -0.1) is 11.3 Å². The molecular weight excluding hydrogens is 202 g/mol. The first kappa shape index (κ1) is 9.13. The van der Waals surface area contributed by atoms with Crippen LogP contribution in [0.5, 0.6) is 0 Å². The molecule has 1 aromatic heterocycles. The molecule has 0 spiro atoms. The minimum Gasteiger partial charge on any atom is -0.320 e. The van der Waals surface area contributed by atoms with Gasteiger partial charge in [0.2, 0.25) is 0 Å². The van der Waals surface area contributed by atoms with Gasteiger partial charge >= 0.3 is 0 Å². The Morgan fingerprint density at radius 3 is 2.20 bits per heavy atom. The number of benzene rings is 1. The van der Waals surface area contributed by atoms with Crippen LogP contribution in [0.3, 0.4) is 0 Å². The van der Waals surface area contributed by atoms with Gasteiger partial charge in [0.1, 0.15) is 0 Å². The average Bonchev–Trinajstić information content (AvgIpc) is 2.83. The van der Waals surface area contributed by atoms with Crippen LogP contribution in [0.1, 0.15) is 16.0 Å². The third kappa shape index (κ3) is 1.41. The van der Waals surface area contributed by atoms with E-state index in [2.05, 4.69) is 41.8 Å². The highest BCUT2D eigenvalue weighted by Crippen LogP contribution is 2.37. The highest BCUT2D eigenvalue weighted by molar-refractivity contribution is 7.10. The minimum atomic E-state index is -0.155. The number of nitrogens with two attached hydrogens (primary N) is 1. The van der Waals surface area contributed by atoms with E-state index in [9.17, 15) is 0 Å². The molecule has 0 unspecified atom stereocenters. The molecule has 0 amide bonds. The van der Waals surface area contributed by atoms with Gasteiger partial charge in [-0.3, -0.25) is 0 Å². The third-order valence-corrected chi connectivity index (χ3v) is 4.23. The molecule has 1 aromatic carbocycles. The van der Waals surface area contributed by atoms with Crippen LogP contribution in [0.4, 0.5) is 0 Å². The minimum absolute atomic E-state index is 0.155. The summed E-state index contributed by atoms with van der Waals surface area (Å²) in [6.45, 7) is 0. The van der Waals surface area contributed by atoms with Gasteiger partial charge in [0, 0.05) is 4.88 Å². The highest BCUT2D eigenvalue weighted by atomic mass is 32.1. The molecule has 1 heterocycles. The molecule has 3 rings (SSSR count). The first-order chi connectivity index (χ1) is 7.28. The van der Waals surface area contributed by atoms with E-state index in [1.165, 1.54) is 16.0 Å². The van der Waals surface area contributed by atoms with Crippen molar-refractivity contribution in [1.29, 1.82) is 0 Å². The maximum atomic E-state index is 6.49. The second-order valence-electron chi connectivity index (χ2n) is 4.26. The third-order valence-electron chi connectivity index (χ3n) is 3.14. The van der Waals surface area contributed by atoms with E-state index in [1.807, 2.05) is 0 Å². The highest BCUT2D eigenvalue weighted by Gasteiger charge is 2.35. The lowest BCUT2D eigenvalue weighted by Gasteiger charge is -2.21. The summed E-state index contributed by atoms with van der Waals surface area (Å²) in [5.74, 6) is 0. The summed E-state index contributed by atoms with van der Waals surface area (Å²) in [4.78, 5) is 1.30. The fourth-order valence-corrected chi connectivity index (χ4v) is 3.22. The first-order valence-corrected chi connectivity index (χ1v) is 6.06. The van der Waals surface area contributed by atoms with Crippen molar-refractivity contribution in [2.45, 2.75) is 18.4 Å². The van der Waals surface area contributed by atoms with Crippen molar-refractivity contribution in [3.05, 3.63) is 57.8 Å². The van der Waals surface area contributed by atoms with Gasteiger partial charge in [-0.2, -0.15) is 0 Å². The Morgan fingerprint density at radius 1 is 1.00 bits per heavy atom. The summed E-state index contributed by atoms with van der Waals surface area (Å²) < 4.78 is 0. The molecule has 2 aromatic rings. The Bertz CT molecular complexity index is 448. The molecule has 0 saturated carbocycles. The van der Waals surface area contributed by atoms with Gasteiger partial charge in [0.25, 0.3) is 0 Å². The maximum Gasteiger partial charge on any atom is 0.0585 e. The van der Waals surface area contributed by atoms with E-state index < -0.39 is 0 Å². The normalized spacial score (nSPS) is 17.7. The topological polar surface area (TPSA) is 26.0 Å². The molecule has 1 aliphatic carbocycles. The van der Waals surface area contributed by atoms with Crippen molar-refractivity contribution >= 4 is 11.3 Å². The zero-order valence-corrected chi connectivity index (χ0v) is 9.26. The summed E-state index contributed by atoms with van der Waals surface area (Å²) in [5, 5.41) is 2.10. The second-order valence-corrected chi connectivity index (χ2v) is 5.20. The fraction of sp³-hybridized carbons (Fsp3) is 0.231. The monoisotopic (exact) mass is 215 g/mol. The predicted molar refractivity (Wildman–Crippen MR) is 64.0 cm³/mol. The van der Waals surface area contributed by atoms with Gasteiger partial charge in [-0.05, 0) is 35.4 Å². The lowest BCUT2D eigenvalue weighted by atomic mass is 9.95. The van der Waals surface area contributed by atoms with Gasteiger partial charge < -0.3 is 5.73 Å². The van der Waals surface area contributed by atoms with Crippen LogP contribution in [0, 0.1) is 0 Å². The SMILES string of the molecule is NC1(c2cccs2)Cc2ccccc2C1. The number of hydrogen-bond acceptors (Lipinski definition) is 2. The molecule has 0 fully saturated rings. The summed E-state index contributed by atoms with van der Waals surface area (Å²) >= 11 is 1.76. The molecule has 15 heavy (non-hydrogen) atoms. The lowest BCUT2D eigenvalue weighted by Crippen LogP contribution is -2.36. The molecule has 2 heteroatoms. The first-order valence-electron chi connectivity index (χ1n) is 5.18. The Labute approximate surface area is 93.6 Å². The Balaban J connectivity index is 2.01. The van der Waals surface area contributed by atoms with Crippen molar-refractivity contribution < 1.29 is 0 Å². The van der Waals surface area contributed by atoms with Gasteiger partial charge in [-0.1, -0.05) is 30.3 Å². The van der Waals surface area contributed by atoms with Crippen molar-refractivity contribution in [3.8, 4) is 0 Å². The zero-order valence-electron chi connectivity index (χ0n) is 8.44. The predicted octanol–water partition coefficient (Wildman–Crippen LogP) is 2.70. The van der Waals surface area contributed by atoms with Gasteiger partial charge in [-0.25, -0.2) is 0 Å². The van der Waals surface area contributed by atoms with Crippen LogP contribution in [0.25, 0.3) is 0 Å². The molecule has 76 valence electrons. The van der Waals surface area contributed by atoms with E-state index in [0.717, 1.165) is 12.8 Å². The molecule has 1 aliphatic rings. The largest absolute Gasteiger partial charge is 0.320 e. The van der Waals surface area contributed by atoms with Crippen LogP contribution in [-0.4, -0.2) is 0 Å². The summed E-state index contributed by atoms with van der Waals surface area (Å²) in [6, 6.07) is 12.8. The van der Waals surface area contributed by atoms with Crippen LogP contribution in [0.2, 0.25) is 0 Å². The van der Waals surface area contributed by atoms with Crippen molar-refractivity contribution in [2.24, 2.45) is 5.73 Å². The average molecular weight is 215 g/mol. The lowest BCUT2D eigenvalue weighted by molar-refractivity contribution is 0.483. The summed E-state index contributed by atoms with van der Waals surface area (Å²) in [5.41, 5.74) is 9.15. The van der Waals surface area contributed by atoms with E-state index >= 15 is 0 Å². The van der Waals surface area contributed by atoms with Crippen LogP contribution in [-0.2, 0) is 18.4 Å². The molecule has 0 radical (unpaired) electrons. The molecule has 2 N–H and O–H groups in total. The molecule has 0 atom stereocenters.